The molecule has 0 radical (unpaired) electrons. The van der Waals surface area contributed by atoms with Gasteiger partial charge in [-0.2, -0.15) is 0 Å². The van der Waals surface area contributed by atoms with E-state index in [1.165, 1.54) is 0 Å². The lowest BCUT2D eigenvalue weighted by Gasteiger charge is -2.34. The molecule has 3 N–H and O–H groups in total. The number of sulfonamides is 1. The zero-order chi connectivity index (χ0) is 15.2. The van der Waals surface area contributed by atoms with Gasteiger partial charge in [0.2, 0.25) is 15.9 Å². The van der Waals surface area contributed by atoms with E-state index in [0.717, 1.165) is 38.5 Å². The number of piperidine rings is 1. The molecule has 0 saturated carbocycles. The van der Waals surface area contributed by atoms with E-state index in [2.05, 4.69) is 4.72 Å². The zero-order valence-corrected chi connectivity index (χ0v) is 13.3. The van der Waals surface area contributed by atoms with Crippen molar-refractivity contribution in [1.82, 2.24) is 9.62 Å². The summed E-state index contributed by atoms with van der Waals surface area (Å²) in [6.07, 6.45) is 4.79. The summed E-state index contributed by atoms with van der Waals surface area (Å²) in [7, 11) is -3.16. The van der Waals surface area contributed by atoms with Crippen molar-refractivity contribution >= 4 is 15.9 Å². The first-order chi connectivity index (χ1) is 9.37. The van der Waals surface area contributed by atoms with Crippen LogP contribution in [-0.2, 0) is 14.8 Å². The first kappa shape index (κ1) is 17.4. The molecule has 1 amide bonds. The fourth-order valence-electron chi connectivity index (χ4n) is 2.65. The topological polar surface area (TPSA) is 92.5 Å². The summed E-state index contributed by atoms with van der Waals surface area (Å²) in [5.74, 6) is 0.225. The highest BCUT2D eigenvalue weighted by Crippen LogP contribution is 2.19. The molecular formula is C13H27N3O3S. The summed E-state index contributed by atoms with van der Waals surface area (Å²) in [5.41, 5.74) is 5.68. The maximum atomic E-state index is 12.4. The largest absolute Gasteiger partial charge is 0.342 e. The summed E-state index contributed by atoms with van der Waals surface area (Å²) in [5, 5.41) is 0. The molecule has 1 saturated heterocycles. The van der Waals surface area contributed by atoms with E-state index in [1.54, 1.807) is 0 Å². The highest BCUT2D eigenvalue weighted by molar-refractivity contribution is 7.88. The molecule has 1 fully saturated rings. The first-order valence-electron chi connectivity index (χ1n) is 7.30. The van der Waals surface area contributed by atoms with Crippen molar-refractivity contribution in [1.29, 1.82) is 0 Å². The van der Waals surface area contributed by atoms with Gasteiger partial charge < -0.3 is 10.6 Å². The minimum atomic E-state index is -3.16. The van der Waals surface area contributed by atoms with Gasteiger partial charge in [0.1, 0.15) is 0 Å². The lowest BCUT2D eigenvalue weighted by molar-refractivity contribution is -0.137. The molecule has 0 aromatic heterocycles. The molecule has 6 nitrogen and oxygen atoms in total. The van der Waals surface area contributed by atoms with Crippen LogP contribution in [0, 0.1) is 11.8 Å². The Labute approximate surface area is 122 Å². The average Bonchev–Trinajstić information content (AvgIpc) is 2.41. The van der Waals surface area contributed by atoms with Crippen LogP contribution in [0.4, 0.5) is 0 Å². The smallest absolute Gasteiger partial charge is 0.226 e. The summed E-state index contributed by atoms with van der Waals surface area (Å²) in [6.45, 7) is 4.22. The molecule has 0 spiro atoms. The second-order valence-electron chi connectivity index (χ2n) is 5.63. The summed E-state index contributed by atoms with van der Waals surface area (Å²) in [4.78, 5) is 14.2. The van der Waals surface area contributed by atoms with Gasteiger partial charge in [0.15, 0.2) is 0 Å². The quantitative estimate of drug-likeness (QED) is 0.700. The van der Waals surface area contributed by atoms with Gasteiger partial charge in [-0.15, -0.1) is 0 Å². The van der Waals surface area contributed by atoms with Gasteiger partial charge in [0, 0.05) is 26.2 Å². The third-order valence-electron chi connectivity index (χ3n) is 3.74. The third kappa shape index (κ3) is 5.76. The SMILES string of the molecule is CCCC(CN)C(=O)N1CCCC(CNS(C)(=O)=O)C1. The Kier molecular flexibility index (Phi) is 6.91. The van der Waals surface area contributed by atoms with Crippen LogP contribution in [0.15, 0.2) is 0 Å². The van der Waals surface area contributed by atoms with Crippen molar-refractivity contribution in [2.24, 2.45) is 17.6 Å². The van der Waals surface area contributed by atoms with E-state index in [-0.39, 0.29) is 17.7 Å². The minimum Gasteiger partial charge on any atom is -0.342 e. The molecule has 7 heteroatoms. The molecule has 1 aliphatic heterocycles. The van der Waals surface area contributed by atoms with Crippen LogP contribution in [0.1, 0.15) is 32.6 Å². The summed E-state index contributed by atoms with van der Waals surface area (Å²) >= 11 is 0. The highest BCUT2D eigenvalue weighted by atomic mass is 32.2. The van der Waals surface area contributed by atoms with Gasteiger partial charge in [-0.3, -0.25) is 4.79 Å². The van der Waals surface area contributed by atoms with Gasteiger partial charge in [-0.05, 0) is 25.2 Å². The second kappa shape index (κ2) is 7.95. The van der Waals surface area contributed by atoms with E-state index in [4.69, 9.17) is 5.73 Å². The van der Waals surface area contributed by atoms with Crippen molar-refractivity contribution in [3.8, 4) is 0 Å². The number of nitrogens with zero attached hydrogens (tertiary/aromatic N) is 1. The Bertz CT molecular complexity index is 411. The molecular weight excluding hydrogens is 278 g/mol. The van der Waals surface area contributed by atoms with Crippen LogP contribution >= 0.6 is 0 Å². The summed E-state index contributed by atoms with van der Waals surface area (Å²) in [6, 6.07) is 0. The number of likely N-dealkylation sites (tertiary alicyclic amines) is 1. The van der Waals surface area contributed by atoms with Crippen molar-refractivity contribution in [3.63, 3.8) is 0 Å². The number of hydrogen-bond acceptors (Lipinski definition) is 4. The predicted octanol–water partition coefficient (Wildman–Crippen LogP) is 0.149. The Hall–Kier alpha value is -0.660. The Morgan fingerprint density at radius 3 is 2.75 bits per heavy atom. The summed E-state index contributed by atoms with van der Waals surface area (Å²) < 4.78 is 24.8. The van der Waals surface area contributed by atoms with Crippen LogP contribution in [0.2, 0.25) is 0 Å². The average molecular weight is 305 g/mol. The number of carbonyl (C=O) groups excluding carboxylic acids is 1. The van der Waals surface area contributed by atoms with Crippen molar-refractivity contribution < 1.29 is 13.2 Å². The zero-order valence-electron chi connectivity index (χ0n) is 12.5. The Balaban J connectivity index is 2.53. The normalized spacial score (nSPS) is 21.8. The highest BCUT2D eigenvalue weighted by Gasteiger charge is 2.28. The number of nitrogens with one attached hydrogen (secondary N) is 1. The number of nitrogens with two attached hydrogens (primary N) is 1. The van der Waals surface area contributed by atoms with Crippen LogP contribution in [0.5, 0.6) is 0 Å². The molecule has 1 rings (SSSR count). The molecule has 118 valence electrons. The van der Waals surface area contributed by atoms with Crippen LogP contribution in [-0.4, -0.2) is 51.7 Å². The van der Waals surface area contributed by atoms with Gasteiger partial charge in [0.05, 0.1) is 12.2 Å². The van der Waals surface area contributed by atoms with Crippen LogP contribution in [0.25, 0.3) is 0 Å². The molecule has 2 unspecified atom stereocenters. The van der Waals surface area contributed by atoms with Gasteiger partial charge in [-0.1, -0.05) is 13.3 Å². The van der Waals surface area contributed by atoms with Crippen molar-refractivity contribution in [2.75, 3.05) is 32.4 Å². The van der Waals surface area contributed by atoms with Gasteiger partial charge in [0.25, 0.3) is 0 Å². The predicted molar refractivity (Wildman–Crippen MR) is 79.6 cm³/mol. The van der Waals surface area contributed by atoms with Gasteiger partial charge >= 0.3 is 0 Å². The second-order valence-corrected chi connectivity index (χ2v) is 7.47. The maximum Gasteiger partial charge on any atom is 0.226 e. The molecule has 1 aliphatic rings. The molecule has 2 atom stereocenters. The molecule has 0 aromatic rings. The number of amides is 1. The fourth-order valence-corrected chi connectivity index (χ4v) is 3.19. The van der Waals surface area contributed by atoms with E-state index in [9.17, 15) is 13.2 Å². The number of hydrogen-bond donors (Lipinski definition) is 2. The molecule has 0 aliphatic carbocycles. The fraction of sp³-hybridized carbons (Fsp3) is 0.923. The van der Waals surface area contributed by atoms with E-state index in [1.807, 2.05) is 11.8 Å². The van der Waals surface area contributed by atoms with Crippen molar-refractivity contribution in [3.05, 3.63) is 0 Å². The number of rotatable bonds is 7. The molecule has 0 aromatic carbocycles. The number of carbonyl (C=O) groups is 1. The van der Waals surface area contributed by atoms with E-state index in [0.29, 0.717) is 19.6 Å². The van der Waals surface area contributed by atoms with Crippen molar-refractivity contribution in [2.45, 2.75) is 32.6 Å². The molecule has 1 heterocycles. The lowest BCUT2D eigenvalue weighted by Crippen LogP contribution is -2.47. The molecule has 20 heavy (non-hydrogen) atoms. The third-order valence-corrected chi connectivity index (χ3v) is 4.43. The lowest BCUT2D eigenvalue weighted by atomic mass is 9.95. The van der Waals surface area contributed by atoms with E-state index >= 15 is 0 Å². The Morgan fingerprint density at radius 2 is 2.20 bits per heavy atom. The van der Waals surface area contributed by atoms with Crippen LogP contribution < -0.4 is 10.5 Å². The van der Waals surface area contributed by atoms with E-state index < -0.39 is 10.0 Å². The van der Waals surface area contributed by atoms with Crippen LogP contribution in [0.3, 0.4) is 0 Å². The minimum absolute atomic E-state index is 0.0957. The first-order valence-corrected chi connectivity index (χ1v) is 9.20. The maximum absolute atomic E-state index is 12.4. The standard InChI is InChI=1S/C13H27N3O3S/c1-3-5-12(8-14)13(17)16-7-4-6-11(10-16)9-15-20(2,18)19/h11-12,15H,3-10,14H2,1-2H3. The van der Waals surface area contributed by atoms with Gasteiger partial charge in [-0.25, -0.2) is 13.1 Å². The monoisotopic (exact) mass is 305 g/mol. The Morgan fingerprint density at radius 1 is 1.50 bits per heavy atom. The molecule has 0 bridgehead atoms.